The van der Waals surface area contributed by atoms with E-state index in [9.17, 15) is 5.11 Å². The van der Waals surface area contributed by atoms with Gasteiger partial charge in [0.05, 0.1) is 17.1 Å². The van der Waals surface area contributed by atoms with Crippen LogP contribution in [0.2, 0.25) is 0 Å². The molecule has 6 heteroatoms. The highest BCUT2D eigenvalue weighted by molar-refractivity contribution is 5.82. The third kappa shape index (κ3) is 6.27. The van der Waals surface area contributed by atoms with E-state index >= 15 is 0 Å². The van der Waals surface area contributed by atoms with Crippen molar-refractivity contribution in [3.05, 3.63) is 60.7 Å². The van der Waals surface area contributed by atoms with Crippen LogP contribution >= 0.6 is 0 Å². The van der Waals surface area contributed by atoms with Crippen LogP contribution in [0.1, 0.15) is 41.5 Å². The smallest absolute Gasteiger partial charge is 0.141 e. The molecule has 0 aliphatic carbocycles. The summed E-state index contributed by atoms with van der Waals surface area (Å²) < 4.78 is 0. The molecule has 0 saturated heterocycles. The van der Waals surface area contributed by atoms with Gasteiger partial charge in [-0.25, -0.2) is 0 Å². The van der Waals surface area contributed by atoms with Gasteiger partial charge in [0.1, 0.15) is 5.75 Å². The molecule has 0 heterocycles. The molecule has 3 rings (SSSR count). The van der Waals surface area contributed by atoms with E-state index in [0.717, 1.165) is 30.2 Å². The van der Waals surface area contributed by atoms with Crippen LogP contribution in [0.15, 0.2) is 65.7 Å². The van der Waals surface area contributed by atoms with Gasteiger partial charge in [-0.2, -0.15) is 0 Å². The van der Waals surface area contributed by atoms with Crippen LogP contribution in [0, 0.1) is 0 Å². The van der Waals surface area contributed by atoms with Crippen molar-refractivity contribution in [1.82, 2.24) is 0 Å². The van der Waals surface area contributed by atoms with Crippen molar-refractivity contribution in [3.63, 3.8) is 0 Å². The summed E-state index contributed by atoms with van der Waals surface area (Å²) in [5.74, 6) is 0.116. The van der Waals surface area contributed by atoms with Gasteiger partial charge in [0, 0.05) is 54.0 Å². The summed E-state index contributed by atoms with van der Waals surface area (Å²) in [5.41, 5.74) is 6.13. The number of rotatable bonds is 11. The minimum absolute atomic E-state index is 0.116. The Bertz CT molecular complexity index is 1110. The largest absolute Gasteiger partial charge is 0.506 e. The zero-order chi connectivity index (χ0) is 25.5. The van der Waals surface area contributed by atoms with Crippen LogP contribution in [0.25, 0.3) is 0 Å². The second kappa shape index (κ2) is 11.6. The van der Waals surface area contributed by atoms with Gasteiger partial charge in [-0.3, -0.25) is 4.99 Å². The minimum atomic E-state index is 0.116. The van der Waals surface area contributed by atoms with Crippen LogP contribution in [0.5, 0.6) is 5.75 Å². The molecule has 0 amide bonds. The van der Waals surface area contributed by atoms with Crippen molar-refractivity contribution in [1.29, 1.82) is 0 Å². The number of nitrogens with one attached hydrogen (secondary N) is 2. The summed E-state index contributed by atoms with van der Waals surface area (Å²) >= 11 is 0. The predicted octanol–water partition coefficient (Wildman–Crippen LogP) is 7.68. The molecule has 0 unspecified atom stereocenters. The summed E-state index contributed by atoms with van der Waals surface area (Å²) in [6.45, 7) is 18.7. The van der Waals surface area contributed by atoms with E-state index in [0.29, 0.717) is 23.5 Å². The third-order valence-corrected chi connectivity index (χ3v) is 6.17. The summed E-state index contributed by atoms with van der Waals surface area (Å²) in [6, 6.07) is 20.9. The maximum Gasteiger partial charge on any atom is 0.141 e. The fourth-order valence-electron chi connectivity index (χ4n) is 4.38. The fourth-order valence-corrected chi connectivity index (χ4v) is 4.38. The van der Waals surface area contributed by atoms with E-state index in [1.807, 2.05) is 18.2 Å². The molecule has 0 radical (unpaired) electrons. The summed E-state index contributed by atoms with van der Waals surface area (Å²) in [6.07, 6.45) is 0. The first-order valence-electron chi connectivity index (χ1n) is 12.4. The maximum atomic E-state index is 10.6. The Morgan fingerprint density at radius 3 is 1.54 bits per heavy atom. The average Bonchev–Trinajstić information content (AvgIpc) is 2.83. The lowest BCUT2D eigenvalue weighted by Crippen LogP contribution is -2.30. The van der Waals surface area contributed by atoms with Gasteiger partial charge < -0.3 is 25.5 Å². The number of aromatic hydroxyl groups is 1. The number of nitrogens with zero attached hydrogens (tertiary/aromatic N) is 3. The molecule has 0 saturated carbocycles. The van der Waals surface area contributed by atoms with Crippen molar-refractivity contribution >= 4 is 46.5 Å². The topological polar surface area (TPSA) is 63.1 Å². The van der Waals surface area contributed by atoms with Crippen molar-refractivity contribution in [2.24, 2.45) is 4.99 Å². The zero-order valence-corrected chi connectivity index (χ0v) is 21.8. The molecule has 0 bridgehead atoms. The van der Waals surface area contributed by atoms with Crippen molar-refractivity contribution < 1.29 is 5.11 Å². The lowest BCUT2D eigenvalue weighted by molar-refractivity contribution is 0.478. The molecule has 186 valence electrons. The second-order valence-electron chi connectivity index (χ2n) is 9.15. The zero-order valence-electron chi connectivity index (χ0n) is 21.8. The first-order valence-corrected chi connectivity index (χ1v) is 12.4. The highest BCUT2D eigenvalue weighted by Crippen LogP contribution is 2.39. The molecule has 35 heavy (non-hydrogen) atoms. The number of phenolic OH excluding ortho intramolecular Hbond substituents is 1. The van der Waals surface area contributed by atoms with Gasteiger partial charge in [0.15, 0.2) is 0 Å². The molecule has 0 fully saturated rings. The van der Waals surface area contributed by atoms with Crippen LogP contribution in [0.3, 0.4) is 0 Å². The quantitative estimate of drug-likeness (QED) is 0.151. The number of benzene rings is 3. The minimum Gasteiger partial charge on any atom is -0.506 e. The van der Waals surface area contributed by atoms with Gasteiger partial charge in [-0.15, -0.1) is 0 Å². The monoisotopic (exact) mass is 473 g/mol. The molecule has 0 spiro atoms. The van der Waals surface area contributed by atoms with E-state index in [1.54, 1.807) is 6.07 Å². The van der Waals surface area contributed by atoms with E-state index in [2.05, 4.69) is 110 Å². The van der Waals surface area contributed by atoms with Crippen LogP contribution in [-0.2, 0) is 0 Å². The standard InChI is InChI=1S/C29H39N5O/c1-8-33(20(3)4)24-14-10-22(11-15-24)31-27-18-28(29(35)19-26(27)30-7)32-23-12-16-25(17-13-23)34(9-2)21(5)6/h10-21,31-32,35H,7-9H2,1-6H3. The van der Waals surface area contributed by atoms with Gasteiger partial charge in [0.25, 0.3) is 0 Å². The molecule has 0 aliphatic heterocycles. The number of hydrogen-bond acceptors (Lipinski definition) is 6. The molecular formula is C29H39N5O. The number of hydrogen-bond donors (Lipinski definition) is 3. The fraction of sp³-hybridized carbons (Fsp3) is 0.345. The Hall–Kier alpha value is -3.67. The Morgan fingerprint density at radius 1 is 0.743 bits per heavy atom. The van der Waals surface area contributed by atoms with Gasteiger partial charge >= 0.3 is 0 Å². The number of anilines is 6. The lowest BCUT2D eigenvalue weighted by Gasteiger charge is -2.27. The van der Waals surface area contributed by atoms with Crippen molar-refractivity contribution in [2.45, 2.75) is 53.6 Å². The normalized spacial score (nSPS) is 11.0. The van der Waals surface area contributed by atoms with Crippen molar-refractivity contribution in [3.8, 4) is 5.75 Å². The summed E-state index contributed by atoms with van der Waals surface area (Å²) in [5, 5.41) is 17.4. The molecule has 0 aromatic heterocycles. The maximum absolute atomic E-state index is 10.6. The highest BCUT2D eigenvalue weighted by Gasteiger charge is 2.12. The SMILES string of the molecule is C=Nc1cc(O)c(Nc2ccc(N(CC)C(C)C)cc2)cc1Nc1ccc(N(CC)C(C)C)cc1. The van der Waals surface area contributed by atoms with Gasteiger partial charge in [-0.1, -0.05) is 0 Å². The first kappa shape index (κ1) is 25.9. The highest BCUT2D eigenvalue weighted by atomic mass is 16.3. The van der Waals surface area contributed by atoms with Crippen LogP contribution < -0.4 is 20.4 Å². The first-order chi connectivity index (χ1) is 16.8. The Morgan fingerprint density at radius 2 is 1.17 bits per heavy atom. The molecule has 0 atom stereocenters. The van der Waals surface area contributed by atoms with Gasteiger partial charge in [0.2, 0.25) is 0 Å². The molecule has 6 nitrogen and oxygen atoms in total. The Kier molecular flexibility index (Phi) is 8.63. The number of phenols is 1. The van der Waals surface area contributed by atoms with Crippen LogP contribution in [0.4, 0.5) is 39.8 Å². The molecule has 0 aliphatic rings. The van der Waals surface area contributed by atoms with Crippen LogP contribution in [-0.4, -0.2) is 37.0 Å². The van der Waals surface area contributed by atoms with E-state index in [4.69, 9.17) is 0 Å². The Balaban J connectivity index is 1.82. The molecule has 3 N–H and O–H groups in total. The molecule has 3 aromatic carbocycles. The van der Waals surface area contributed by atoms with E-state index < -0.39 is 0 Å². The van der Waals surface area contributed by atoms with E-state index in [-0.39, 0.29) is 5.75 Å². The average molecular weight is 474 g/mol. The van der Waals surface area contributed by atoms with Crippen molar-refractivity contribution in [2.75, 3.05) is 33.5 Å². The third-order valence-electron chi connectivity index (χ3n) is 6.17. The predicted molar refractivity (Wildman–Crippen MR) is 153 cm³/mol. The summed E-state index contributed by atoms with van der Waals surface area (Å²) in [7, 11) is 0. The molecule has 3 aromatic rings. The van der Waals surface area contributed by atoms with E-state index in [1.165, 1.54) is 11.4 Å². The summed E-state index contributed by atoms with van der Waals surface area (Å²) in [4.78, 5) is 8.78. The second-order valence-corrected chi connectivity index (χ2v) is 9.15. The molecular weight excluding hydrogens is 434 g/mol. The number of aliphatic imine (C=N–C) groups is 1. The lowest BCUT2D eigenvalue weighted by atomic mass is 10.1. The van der Waals surface area contributed by atoms with Gasteiger partial charge in [-0.05, 0) is 103 Å². The Labute approximate surface area is 210 Å².